The maximum atomic E-state index is 13.9. The summed E-state index contributed by atoms with van der Waals surface area (Å²) in [5.74, 6) is -0.369. The van der Waals surface area contributed by atoms with Crippen molar-refractivity contribution >= 4 is 22.8 Å². The van der Waals surface area contributed by atoms with Crippen LogP contribution in [0.3, 0.4) is 0 Å². The van der Waals surface area contributed by atoms with E-state index in [9.17, 15) is 9.18 Å². The Morgan fingerprint density at radius 2 is 1.95 bits per heavy atom. The summed E-state index contributed by atoms with van der Waals surface area (Å²) in [6.07, 6.45) is 0. The molecule has 0 unspecified atom stereocenters. The Kier molecular flexibility index (Phi) is 4.03. The van der Waals surface area contributed by atoms with Gasteiger partial charge in [0, 0.05) is 23.5 Å². The molecule has 0 fully saturated rings. The highest BCUT2D eigenvalue weighted by Crippen LogP contribution is 2.30. The topological polar surface area (TPSA) is 46.3 Å². The van der Waals surface area contributed by atoms with Crippen molar-refractivity contribution < 1.29 is 9.18 Å². The zero-order chi connectivity index (χ0) is 14.7. The number of nitrogens with two attached hydrogens (primary N) is 1. The second kappa shape index (κ2) is 5.74. The highest BCUT2D eigenvalue weighted by Gasteiger charge is 2.13. The molecular weight excluding hydrogens is 255 g/mol. The molecule has 0 aliphatic heterocycles. The standard InChI is InChI=1S/C16H17FN2O/c1-3-19(16-7-5-4-6-14(16)17)12-8-9-13(11(2)20)15(18)10-12/h4-10H,3,18H2,1-2H3. The summed E-state index contributed by atoms with van der Waals surface area (Å²) in [5, 5.41) is 0. The summed E-state index contributed by atoms with van der Waals surface area (Å²) in [5.41, 5.74) is 8.04. The molecule has 0 aliphatic carbocycles. The highest BCUT2D eigenvalue weighted by atomic mass is 19.1. The SMILES string of the molecule is CCN(c1ccc(C(C)=O)c(N)c1)c1ccccc1F. The number of carbonyl (C=O) groups excluding carboxylic acids is 1. The minimum absolute atomic E-state index is 0.0806. The number of Topliss-reactive ketones (excluding diaryl/α,β-unsaturated/α-hetero) is 1. The number of benzene rings is 2. The number of halogens is 1. The lowest BCUT2D eigenvalue weighted by Gasteiger charge is -2.24. The number of rotatable bonds is 4. The van der Waals surface area contributed by atoms with Gasteiger partial charge in [-0.05, 0) is 44.2 Å². The lowest BCUT2D eigenvalue weighted by Crippen LogP contribution is -2.17. The monoisotopic (exact) mass is 272 g/mol. The van der Waals surface area contributed by atoms with Crippen molar-refractivity contribution in [1.82, 2.24) is 0 Å². The Morgan fingerprint density at radius 3 is 2.50 bits per heavy atom. The molecule has 20 heavy (non-hydrogen) atoms. The summed E-state index contributed by atoms with van der Waals surface area (Å²) in [7, 11) is 0. The van der Waals surface area contributed by atoms with Crippen molar-refractivity contribution in [2.24, 2.45) is 0 Å². The van der Waals surface area contributed by atoms with E-state index in [0.29, 0.717) is 23.5 Å². The molecule has 104 valence electrons. The molecule has 0 bridgehead atoms. The molecule has 0 amide bonds. The van der Waals surface area contributed by atoms with Gasteiger partial charge in [0.25, 0.3) is 0 Å². The molecule has 2 rings (SSSR count). The molecule has 0 aliphatic rings. The van der Waals surface area contributed by atoms with E-state index in [1.165, 1.54) is 13.0 Å². The van der Waals surface area contributed by atoms with Crippen molar-refractivity contribution in [3.05, 3.63) is 53.8 Å². The first kappa shape index (κ1) is 14.1. The van der Waals surface area contributed by atoms with Gasteiger partial charge < -0.3 is 10.6 Å². The van der Waals surface area contributed by atoms with Gasteiger partial charge in [-0.3, -0.25) is 4.79 Å². The van der Waals surface area contributed by atoms with Gasteiger partial charge >= 0.3 is 0 Å². The van der Waals surface area contributed by atoms with Gasteiger partial charge in [-0.15, -0.1) is 0 Å². The molecule has 0 heterocycles. The molecule has 0 radical (unpaired) electrons. The van der Waals surface area contributed by atoms with Gasteiger partial charge in [0.2, 0.25) is 0 Å². The third-order valence-electron chi connectivity index (χ3n) is 3.19. The predicted molar refractivity (Wildman–Crippen MR) is 79.9 cm³/mol. The molecule has 0 spiro atoms. The number of nitrogens with zero attached hydrogens (tertiary/aromatic N) is 1. The lowest BCUT2D eigenvalue weighted by atomic mass is 10.1. The summed E-state index contributed by atoms with van der Waals surface area (Å²) < 4.78 is 13.9. The molecular formula is C16H17FN2O. The van der Waals surface area contributed by atoms with Crippen LogP contribution in [-0.2, 0) is 0 Å². The van der Waals surface area contributed by atoms with Gasteiger partial charge in [0.15, 0.2) is 5.78 Å². The Balaban J connectivity index is 2.46. The number of hydrogen-bond donors (Lipinski definition) is 1. The van der Waals surface area contributed by atoms with Crippen molar-refractivity contribution in [2.75, 3.05) is 17.2 Å². The van der Waals surface area contributed by atoms with Crippen LogP contribution in [0.25, 0.3) is 0 Å². The zero-order valence-electron chi connectivity index (χ0n) is 11.6. The molecule has 4 heteroatoms. The number of carbonyl (C=O) groups is 1. The van der Waals surface area contributed by atoms with Crippen LogP contribution in [0.1, 0.15) is 24.2 Å². The lowest BCUT2D eigenvalue weighted by molar-refractivity contribution is 0.101. The van der Waals surface area contributed by atoms with Crippen molar-refractivity contribution in [3.63, 3.8) is 0 Å². The van der Waals surface area contributed by atoms with E-state index in [1.54, 1.807) is 36.4 Å². The molecule has 0 aromatic heterocycles. The third-order valence-corrected chi connectivity index (χ3v) is 3.19. The van der Waals surface area contributed by atoms with Gasteiger partial charge in [0.1, 0.15) is 5.82 Å². The number of ketones is 1. The van der Waals surface area contributed by atoms with Crippen molar-refractivity contribution in [1.29, 1.82) is 0 Å². The van der Waals surface area contributed by atoms with Crippen molar-refractivity contribution in [3.8, 4) is 0 Å². The fourth-order valence-electron chi connectivity index (χ4n) is 2.20. The average Bonchev–Trinajstić information content (AvgIpc) is 2.41. The Bertz CT molecular complexity index is 640. The number of para-hydroxylation sites is 1. The van der Waals surface area contributed by atoms with Crippen molar-refractivity contribution in [2.45, 2.75) is 13.8 Å². The third kappa shape index (κ3) is 2.64. The highest BCUT2D eigenvalue weighted by molar-refractivity contribution is 5.99. The van der Waals surface area contributed by atoms with E-state index < -0.39 is 0 Å². The van der Waals surface area contributed by atoms with Crippen LogP contribution in [0.2, 0.25) is 0 Å². The Hall–Kier alpha value is -2.36. The summed E-state index contributed by atoms with van der Waals surface area (Å²) >= 11 is 0. The fraction of sp³-hybridized carbons (Fsp3) is 0.188. The predicted octanol–water partition coefficient (Wildman–Crippen LogP) is 3.77. The largest absolute Gasteiger partial charge is 0.398 e. The molecule has 2 aromatic carbocycles. The summed E-state index contributed by atoms with van der Waals surface area (Å²) in [6.45, 7) is 4.00. The van der Waals surface area contributed by atoms with E-state index in [1.807, 2.05) is 11.8 Å². The average molecular weight is 272 g/mol. The molecule has 0 atom stereocenters. The van der Waals surface area contributed by atoms with Crippen LogP contribution in [0.5, 0.6) is 0 Å². The normalized spacial score (nSPS) is 10.3. The van der Waals surface area contributed by atoms with Gasteiger partial charge in [-0.1, -0.05) is 12.1 Å². The maximum Gasteiger partial charge on any atom is 0.161 e. The molecule has 2 N–H and O–H groups in total. The summed E-state index contributed by atoms with van der Waals surface area (Å²) in [6, 6.07) is 11.7. The zero-order valence-corrected chi connectivity index (χ0v) is 11.6. The minimum Gasteiger partial charge on any atom is -0.398 e. The fourth-order valence-corrected chi connectivity index (χ4v) is 2.20. The van der Waals surface area contributed by atoms with Crippen LogP contribution in [0.4, 0.5) is 21.5 Å². The van der Waals surface area contributed by atoms with E-state index in [0.717, 1.165) is 5.69 Å². The van der Waals surface area contributed by atoms with Crippen LogP contribution < -0.4 is 10.6 Å². The van der Waals surface area contributed by atoms with E-state index in [2.05, 4.69) is 0 Å². The van der Waals surface area contributed by atoms with E-state index in [4.69, 9.17) is 5.73 Å². The van der Waals surface area contributed by atoms with Gasteiger partial charge in [-0.2, -0.15) is 0 Å². The first-order chi connectivity index (χ1) is 9.54. The Morgan fingerprint density at radius 1 is 1.25 bits per heavy atom. The van der Waals surface area contributed by atoms with E-state index >= 15 is 0 Å². The maximum absolute atomic E-state index is 13.9. The van der Waals surface area contributed by atoms with Crippen LogP contribution in [0.15, 0.2) is 42.5 Å². The van der Waals surface area contributed by atoms with Crippen LogP contribution in [-0.4, -0.2) is 12.3 Å². The quantitative estimate of drug-likeness (QED) is 0.680. The first-order valence-corrected chi connectivity index (χ1v) is 6.47. The number of hydrogen-bond acceptors (Lipinski definition) is 3. The smallest absolute Gasteiger partial charge is 0.161 e. The van der Waals surface area contributed by atoms with Gasteiger partial charge in [0.05, 0.1) is 5.69 Å². The van der Waals surface area contributed by atoms with Crippen LogP contribution >= 0.6 is 0 Å². The first-order valence-electron chi connectivity index (χ1n) is 6.47. The van der Waals surface area contributed by atoms with Gasteiger partial charge in [-0.25, -0.2) is 4.39 Å². The van der Waals surface area contributed by atoms with Crippen LogP contribution in [0, 0.1) is 5.82 Å². The van der Waals surface area contributed by atoms with E-state index in [-0.39, 0.29) is 11.6 Å². The second-order valence-electron chi connectivity index (χ2n) is 4.52. The number of nitrogen functional groups attached to an aromatic ring is 1. The molecule has 0 saturated heterocycles. The summed E-state index contributed by atoms with van der Waals surface area (Å²) in [4.78, 5) is 13.2. The molecule has 3 nitrogen and oxygen atoms in total. The Labute approximate surface area is 117 Å². The number of anilines is 3. The molecule has 0 saturated carbocycles. The molecule has 2 aromatic rings. The second-order valence-corrected chi connectivity index (χ2v) is 4.52. The minimum atomic E-state index is -0.288.